The van der Waals surface area contributed by atoms with Crippen LogP contribution >= 0.6 is 11.6 Å². The van der Waals surface area contributed by atoms with Gasteiger partial charge in [-0.15, -0.1) is 0 Å². The number of nitro groups is 1. The number of hydrogen-bond donors (Lipinski definition) is 1. The van der Waals surface area contributed by atoms with Crippen LogP contribution in [0, 0.1) is 10.1 Å². The number of azide groups is 1. The first-order chi connectivity index (χ1) is 8.56. The number of halogens is 1. The molecular formula is C9H9ClN6O2. The number of nitrogens with zero attached hydrogens (tertiary/aromatic N) is 5. The van der Waals surface area contributed by atoms with Crippen molar-refractivity contribution in [1.29, 1.82) is 0 Å². The lowest BCUT2D eigenvalue weighted by Crippen LogP contribution is -1.99. The van der Waals surface area contributed by atoms with Gasteiger partial charge in [-0.3, -0.25) is 10.1 Å². The molecule has 0 aromatic carbocycles. The molecule has 0 bridgehead atoms. The van der Waals surface area contributed by atoms with E-state index >= 15 is 0 Å². The van der Waals surface area contributed by atoms with Gasteiger partial charge in [-0.2, -0.15) is 0 Å². The summed E-state index contributed by atoms with van der Waals surface area (Å²) in [6.07, 6.45) is 3.74. The third kappa shape index (κ3) is 3.62. The van der Waals surface area contributed by atoms with Crippen LogP contribution in [0.25, 0.3) is 16.5 Å². The Balaban J connectivity index is 2.91. The summed E-state index contributed by atoms with van der Waals surface area (Å²) < 4.78 is 0. The van der Waals surface area contributed by atoms with E-state index in [0.29, 0.717) is 18.5 Å². The van der Waals surface area contributed by atoms with Crippen LogP contribution in [0.5, 0.6) is 0 Å². The zero-order valence-electron chi connectivity index (χ0n) is 9.15. The smallest absolute Gasteiger partial charge is 0.311 e. The first-order valence-electron chi connectivity index (χ1n) is 4.84. The Kier molecular flexibility index (Phi) is 4.91. The van der Waals surface area contributed by atoms with E-state index in [4.69, 9.17) is 22.9 Å². The van der Waals surface area contributed by atoms with E-state index < -0.39 is 4.92 Å². The fourth-order valence-electron chi connectivity index (χ4n) is 1.16. The predicted octanol–water partition coefficient (Wildman–Crippen LogP) is 2.94. The maximum atomic E-state index is 10.7. The molecule has 8 nitrogen and oxygen atoms in total. The van der Waals surface area contributed by atoms with Crippen molar-refractivity contribution in [2.24, 2.45) is 5.11 Å². The van der Waals surface area contributed by atoms with E-state index in [9.17, 15) is 10.1 Å². The number of anilines is 1. The van der Waals surface area contributed by atoms with Crippen LogP contribution in [0.15, 0.2) is 17.3 Å². The van der Waals surface area contributed by atoms with Crippen LogP contribution in [0.2, 0.25) is 5.15 Å². The fraction of sp³-hybridized carbons (Fsp3) is 0.222. The normalized spacial score (nSPS) is 10.3. The minimum atomic E-state index is -0.629. The van der Waals surface area contributed by atoms with E-state index in [1.165, 1.54) is 6.07 Å². The summed E-state index contributed by atoms with van der Waals surface area (Å²) in [6.45, 7) is 0.301. The van der Waals surface area contributed by atoms with Crippen LogP contribution in [0.4, 0.5) is 11.5 Å². The number of aromatic nitrogens is 1. The summed E-state index contributed by atoms with van der Waals surface area (Å²) in [5, 5.41) is 14.1. The highest BCUT2D eigenvalue weighted by Gasteiger charge is 2.15. The molecule has 1 aromatic rings. The van der Waals surface area contributed by atoms with Gasteiger partial charge in [0.15, 0.2) is 0 Å². The second-order valence-corrected chi connectivity index (χ2v) is 3.53. The maximum Gasteiger partial charge on any atom is 0.311 e. The van der Waals surface area contributed by atoms with Gasteiger partial charge in [-0.05, 0) is 12.0 Å². The lowest BCUT2D eigenvalue weighted by Gasteiger charge is -2.00. The van der Waals surface area contributed by atoms with E-state index in [1.54, 1.807) is 12.2 Å². The molecule has 0 atom stereocenters. The molecule has 1 aromatic heterocycles. The summed E-state index contributed by atoms with van der Waals surface area (Å²) in [5.41, 5.74) is 13.5. The molecule has 0 aliphatic carbocycles. The molecule has 1 rings (SSSR count). The quantitative estimate of drug-likeness (QED) is 0.167. The Bertz CT molecular complexity index is 538. The van der Waals surface area contributed by atoms with Gasteiger partial charge in [0.1, 0.15) is 5.15 Å². The Labute approximate surface area is 107 Å². The average molecular weight is 269 g/mol. The third-order valence-corrected chi connectivity index (χ3v) is 2.27. The number of rotatable bonds is 5. The van der Waals surface area contributed by atoms with Crippen molar-refractivity contribution >= 4 is 29.2 Å². The zero-order chi connectivity index (χ0) is 13.5. The molecule has 1 heterocycles. The van der Waals surface area contributed by atoms with E-state index in [0.717, 1.165) is 0 Å². The molecule has 0 fully saturated rings. The Hall–Kier alpha value is -2.31. The first-order valence-corrected chi connectivity index (χ1v) is 5.22. The van der Waals surface area contributed by atoms with Gasteiger partial charge in [0, 0.05) is 23.1 Å². The van der Waals surface area contributed by atoms with Crippen LogP contribution in [-0.4, -0.2) is 16.5 Å². The molecule has 0 amide bonds. The van der Waals surface area contributed by atoms with Gasteiger partial charge in [-0.1, -0.05) is 28.9 Å². The fourth-order valence-corrected chi connectivity index (χ4v) is 1.37. The minimum Gasteiger partial charge on any atom is -0.378 e. The summed E-state index contributed by atoms with van der Waals surface area (Å²) >= 11 is 5.80. The highest BCUT2D eigenvalue weighted by Crippen LogP contribution is 2.26. The van der Waals surface area contributed by atoms with Crippen molar-refractivity contribution in [2.75, 3.05) is 12.3 Å². The Morgan fingerprint density at radius 3 is 3.06 bits per heavy atom. The summed E-state index contributed by atoms with van der Waals surface area (Å²) in [5.74, 6) is -0.226. The molecule has 0 saturated carbocycles. The van der Waals surface area contributed by atoms with Crippen molar-refractivity contribution in [1.82, 2.24) is 4.98 Å². The largest absolute Gasteiger partial charge is 0.378 e. The lowest BCUT2D eigenvalue weighted by atomic mass is 10.2. The van der Waals surface area contributed by atoms with Crippen LogP contribution in [-0.2, 0) is 0 Å². The number of hydrogen-bond acceptors (Lipinski definition) is 5. The topological polar surface area (TPSA) is 131 Å². The van der Waals surface area contributed by atoms with Crippen LogP contribution in [0.1, 0.15) is 12.0 Å². The molecule has 9 heteroatoms. The second-order valence-electron chi connectivity index (χ2n) is 3.18. The highest BCUT2D eigenvalue weighted by atomic mass is 35.5. The molecule has 0 saturated heterocycles. The number of nitrogen functional groups attached to an aromatic ring is 1. The van der Waals surface area contributed by atoms with Gasteiger partial charge in [0.2, 0.25) is 5.82 Å². The molecular weight excluding hydrogens is 260 g/mol. The first kappa shape index (κ1) is 13.8. The van der Waals surface area contributed by atoms with Crippen molar-refractivity contribution in [3.63, 3.8) is 0 Å². The van der Waals surface area contributed by atoms with Crippen LogP contribution < -0.4 is 5.73 Å². The standard InChI is InChI=1S/C9H9ClN6O2/c10-8-6(3-1-2-4-13-15-12)5-7(16(17)18)9(11)14-8/h1,3,5H,2,4H2,(H2,11,14). The molecule has 0 aliphatic heterocycles. The number of pyridine rings is 1. The lowest BCUT2D eigenvalue weighted by molar-refractivity contribution is -0.384. The molecule has 0 unspecified atom stereocenters. The van der Waals surface area contributed by atoms with Gasteiger partial charge < -0.3 is 5.73 Å². The van der Waals surface area contributed by atoms with Gasteiger partial charge in [0.25, 0.3) is 0 Å². The van der Waals surface area contributed by atoms with E-state index in [1.807, 2.05) is 0 Å². The molecule has 18 heavy (non-hydrogen) atoms. The maximum absolute atomic E-state index is 10.7. The zero-order valence-corrected chi connectivity index (χ0v) is 9.91. The average Bonchev–Trinajstić information content (AvgIpc) is 2.30. The molecule has 0 aliphatic rings. The van der Waals surface area contributed by atoms with Crippen molar-refractivity contribution in [3.8, 4) is 0 Å². The van der Waals surface area contributed by atoms with E-state index in [-0.39, 0.29) is 16.7 Å². The Morgan fingerprint density at radius 2 is 2.44 bits per heavy atom. The summed E-state index contributed by atoms with van der Waals surface area (Å²) in [6, 6.07) is 1.24. The molecule has 94 valence electrons. The van der Waals surface area contributed by atoms with Gasteiger partial charge in [-0.25, -0.2) is 4.98 Å². The van der Waals surface area contributed by atoms with Gasteiger partial charge >= 0.3 is 5.69 Å². The minimum absolute atomic E-state index is 0.0816. The second kappa shape index (κ2) is 6.43. The van der Waals surface area contributed by atoms with Crippen LogP contribution in [0.3, 0.4) is 0 Å². The van der Waals surface area contributed by atoms with Crippen molar-refractivity contribution in [3.05, 3.63) is 43.4 Å². The van der Waals surface area contributed by atoms with E-state index in [2.05, 4.69) is 15.0 Å². The predicted molar refractivity (Wildman–Crippen MR) is 68.0 cm³/mol. The van der Waals surface area contributed by atoms with Crippen molar-refractivity contribution in [2.45, 2.75) is 6.42 Å². The highest BCUT2D eigenvalue weighted by molar-refractivity contribution is 6.31. The molecule has 2 N–H and O–H groups in total. The van der Waals surface area contributed by atoms with Crippen molar-refractivity contribution < 1.29 is 4.92 Å². The molecule has 0 spiro atoms. The van der Waals surface area contributed by atoms with Gasteiger partial charge in [0.05, 0.1) is 4.92 Å². The monoisotopic (exact) mass is 268 g/mol. The number of nitrogens with two attached hydrogens (primary N) is 1. The molecule has 0 radical (unpaired) electrons. The Morgan fingerprint density at radius 1 is 1.72 bits per heavy atom. The summed E-state index contributed by atoms with van der Waals surface area (Å²) in [4.78, 5) is 16.3. The summed E-state index contributed by atoms with van der Waals surface area (Å²) in [7, 11) is 0. The SMILES string of the molecule is [N-]=[N+]=NCCC=Cc1cc([N+](=O)[O-])c(N)nc1Cl. The third-order valence-electron chi connectivity index (χ3n) is 1.96.